The second kappa shape index (κ2) is 7.36. The van der Waals surface area contributed by atoms with Gasteiger partial charge < -0.3 is 23.9 Å². The molecule has 0 spiro atoms. The van der Waals surface area contributed by atoms with E-state index in [4.69, 9.17) is 24.1 Å². The lowest BCUT2D eigenvalue weighted by Gasteiger charge is -2.11. The van der Waals surface area contributed by atoms with Gasteiger partial charge in [0.15, 0.2) is 0 Å². The largest absolute Gasteiger partial charge is 0.491 e. The van der Waals surface area contributed by atoms with E-state index in [1.54, 1.807) is 37.4 Å². The van der Waals surface area contributed by atoms with E-state index in [0.29, 0.717) is 42.6 Å². The normalized spacial score (nSPS) is 12.6. The van der Waals surface area contributed by atoms with E-state index in [2.05, 4.69) is 6.07 Å². The number of ether oxygens (including phenoxy) is 3. The van der Waals surface area contributed by atoms with Crippen LogP contribution in [0.3, 0.4) is 0 Å². The van der Waals surface area contributed by atoms with Gasteiger partial charge in [-0.05, 0) is 35.3 Å². The third-order valence-electron chi connectivity index (χ3n) is 3.63. The van der Waals surface area contributed by atoms with Gasteiger partial charge in [-0.2, -0.15) is 5.26 Å². The lowest BCUT2D eigenvalue weighted by atomic mass is 9.80. The zero-order valence-electron chi connectivity index (χ0n) is 13.2. The van der Waals surface area contributed by atoms with Gasteiger partial charge in [0.1, 0.15) is 29.9 Å². The number of nitrogens with zero attached hydrogens (tertiary/aromatic N) is 1. The molecule has 1 N–H and O–H groups in total. The second-order valence-corrected chi connectivity index (χ2v) is 5.24. The third kappa shape index (κ3) is 3.52. The fourth-order valence-electron chi connectivity index (χ4n) is 2.42. The Kier molecular flexibility index (Phi) is 5.01. The minimum absolute atomic E-state index is 0.350. The maximum atomic E-state index is 9.64. The van der Waals surface area contributed by atoms with Crippen LogP contribution in [0.5, 0.6) is 17.2 Å². The molecule has 0 amide bonds. The minimum atomic E-state index is -0.871. The van der Waals surface area contributed by atoms with Crippen molar-refractivity contribution in [1.82, 2.24) is 0 Å². The molecule has 7 heteroatoms. The fraction of sp³-hybridized carbons (Fsp3) is 0.235. The molecule has 1 aliphatic rings. The zero-order valence-corrected chi connectivity index (χ0v) is 13.2. The van der Waals surface area contributed by atoms with Gasteiger partial charge in [0.05, 0.1) is 18.8 Å². The highest BCUT2D eigenvalue weighted by atomic mass is 16.5. The Labute approximate surface area is 140 Å². The van der Waals surface area contributed by atoms with Gasteiger partial charge >= 0.3 is 7.12 Å². The molecule has 0 unspecified atom stereocenters. The maximum Gasteiger partial charge on any atom is 0.491 e. The predicted molar refractivity (Wildman–Crippen MR) is 87.4 cm³/mol. The molecule has 0 saturated carbocycles. The maximum absolute atomic E-state index is 9.64. The van der Waals surface area contributed by atoms with Crippen molar-refractivity contribution in [2.24, 2.45) is 0 Å². The van der Waals surface area contributed by atoms with Crippen molar-refractivity contribution in [3.05, 3.63) is 47.5 Å². The lowest BCUT2D eigenvalue weighted by Crippen LogP contribution is -2.27. The van der Waals surface area contributed by atoms with Crippen molar-refractivity contribution >= 4 is 12.6 Å². The molecule has 3 rings (SSSR count). The van der Waals surface area contributed by atoms with Crippen molar-refractivity contribution < 1.29 is 23.9 Å². The molecular formula is C17H16BNO5. The molecule has 0 fully saturated rings. The number of rotatable bonds is 6. The van der Waals surface area contributed by atoms with Crippen LogP contribution in [-0.2, 0) is 16.0 Å². The second-order valence-electron chi connectivity index (χ2n) is 5.24. The summed E-state index contributed by atoms with van der Waals surface area (Å²) in [6.45, 7) is 1.14. The molecule has 1 aliphatic heterocycles. The predicted octanol–water partition coefficient (Wildman–Crippen LogP) is 1.59. The van der Waals surface area contributed by atoms with E-state index in [1.165, 1.54) is 0 Å². The van der Waals surface area contributed by atoms with E-state index in [0.717, 1.165) is 11.0 Å². The summed E-state index contributed by atoms with van der Waals surface area (Å²) in [4.78, 5) is 0. The van der Waals surface area contributed by atoms with Crippen LogP contribution < -0.4 is 14.9 Å². The molecule has 0 aromatic heterocycles. The number of nitriles is 1. The number of fused-ring (bicyclic) bond motifs is 1. The molecule has 0 atom stereocenters. The number of hydrogen-bond acceptors (Lipinski definition) is 6. The Balaban J connectivity index is 1.78. The summed E-state index contributed by atoms with van der Waals surface area (Å²) >= 11 is 0. The molecule has 0 radical (unpaired) electrons. The van der Waals surface area contributed by atoms with Crippen molar-refractivity contribution in [3.8, 4) is 23.3 Å². The smallest absolute Gasteiger partial charge is 0.490 e. The Hall–Kier alpha value is -2.53. The van der Waals surface area contributed by atoms with Gasteiger partial charge in [-0.15, -0.1) is 0 Å². The first-order valence-corrected chi connectivity index (χ1v) is 7.47. The van der Waals surface area contributed by atoms with Gasteiger partial charge in [-0.25, -0.2) is 0 Å². The van der Waals surface area contributed by atoms with Gasteiger partial charge in [0.25, 0.3) is 0 Å². The highest BCUT2D eigenvalue weighted by Gasteiger charge is 2.27. The van der Waals surface area contributed by atoms with Crippen LogP contribution in [0.2, 0.25) is 0 Å². The summed E-state index contributed by atoms with van der Waals surface area (Å²) in [5, 5.41) is 18.8. The van der Waals surface area contributed by atoms with Crippen LogP contribution in [0.15, 0.2) is 36.4 Å². The summed E-state index contributed by atoms with van der Waals surface area (Å²) in [7, 11) is 0.715. The van der Waals surface area contributed by atoms with Crippen LogP contribution in [0.25, 0.3) is 0 Å². The molecule has 0 aliphatic carbocycles. The van der Waals surface area contributed by atoms with Crippen LogP contribution in [-0.4, -0.2) is 32.5 Å². The summed E-state index contributed by atoms with van der Waals surface area (Å²) in [6, 6.07) is 12.5. The molecule has 122 valence electrons. The average Bonchev–Trinajstić information content (AvgIpc) is 2.96. The quantitative estimate of drug-likeness (QED) is 0.642. The first-order chi connectivity index (χ1) is 11.7. The molecule has 6 nitrogen and oxygen atoms in total. The number of methoxy groups -OCH3 is 1. The molecule has 0 bridgehead atoms. The number of hydrogen-bond donors (Lipinski definition) is 1. The Bertz CT molecular complexity index is 774. The van der Waals surface area contributed by atoms with Gasteiger partial charge in [-0.1, -0.05) is 6.07 Å². The summed E-state index contributed by atoms with van der Waals surface area (Å²) in [5.74, 6) is 1.63. The average molecular weight is 325 g/mol. The minimum Gasteiger partial charge on any atom is -0.490 e. The summed E-state index contributed by atoms with van der Waals surface area (Å²) in [6.07, 6.45) is 0. The topological polar surface area (TPSA) is 80.9 Å². The Morgan fingerprint density at radius 1 is 1.21 bits per heavy atom. The van der Waals surface area contributed by atoms with Crippen molar-refractivity contribution in [2.75, 3.05) is 20.3 Å². The van der Waals surface area contributed by atoms with Crippen molar-refractivity contribution in [1.29, 1.82) is 5.26 Å². The summed E-state index contributed by atoms with van der Waals surface area (Å²) in [5.41, 5.74) is 2.08. The first-order valence-electron chi connectivity index (χ1n) is 7.47. The van der Waals surface area contributed by atoms with E-state index in [1.807, 2.05) is 6.07 Å². The molecular weight excluding hydrogens is 309 g/mol. The monoisotopic (exact) mass is 325 g/mol. The Morgan fingerprint density at radius 2 is 2.00 bits per heavy atom. The summed E-state index contributed by atoms with van der Waals surface area (Å²) < 4.78 is 21.5. The van der Waals surface area contributed by atoms with Crippen LogP contribution in [0, 0.1) is 11.3 Å². The molecule has 24 heavy (non-hydrogen) atoms. The highest BCUT2D eigenvalue weighted by molar-refractivity contribution is 6.61. The van der Waals surface area contributed by atoms with E-state index in [9.17, 15) is 5.02 Å². The number of benzene rings is 2. The van der Waals surface area contributed by atoms with E-state index < -0.39 is 7.12 Å². The highest BCUT2D eigenvalue weighted by Crippen LogP contribution is 2.29. The Morgan fingerprint density at radius 3 is 2.79 bits per heavy atom. The standard InChI is InChI=1S/C17H16BNO5/c1-21-6-7-22-17-9-15(3-2-12(17)10-19)24-14-4-5-16-13(8-14)11-23-18(16)20/h2-5,8-9,20H,6-7,11H2,1H3. The molecule has 2 aromatic rings. The van der Waals surface area contributed by atoms with Crippen LogP contribution in [0.1, 0.15) is 11.1 Å². The van der Waals surface area contributed by atoms with Crippen LogP contribution >= 0.6 is 0 Å². The molecule has 1 heterocycles. The van der Waals surface area contributed by atoms with Gasteiger partial charge in [0, 0.05) is 13.2 Å². The van der Waals surface area contributed by atoms with Crippen LogP contribution in [0.4, 0.5) is 0 Å². The lowest BCUT2D eigenvalue weighted by molar-refractivity contribution is 0.146. The zero-order chi connectivity index (χ0) is 16.9. The molecule has 0 saturated heterocycles. The SMILES string of the molecule is COCCOc1cc(Oc2ccc3c(c2)COB3O)ccc1C#N. The van der Waals surface area contributed by atoms with Crippen molar-refractivity contribution in [2.45, 2.75) is 6.61 Å². The molecule has 2 aromatic carbocycles. The van der Waals surface area contributed by atoms with E-state index >= 15 is 0 Å². The third-order valence-corrected chi connectivity index (χ3v) is 3.63. The van der Waals surface area contributed by atoms with Gasteiger partial charge in [-0.3, -0.25) is 0 Å². The first kappa shape index (κ1) is 16.3. The van der Waals surface area contributed by atoms with Gasteiger partial charge in [0.2, 0.25) is 0 Å². The van der Waals surface area contributed by atoms with E-state index in [-0.39, 0.29) is 0 Å². The van der Waals surface area contributed by atoms with Crippen molar-refractivity contribution in [3.63, 3.8) is 0 Å². The fourth-order valence-corrected chi connectivity index (χ4v) is 2.42.